The summed E-state index contributed by atoms with van der Waals surface area (Å²) in [7, 11) is 0. The molecule has 4 heteroatoms. The van der Waals surface area contributed by atoms with E-state index in [1.165, 1.54) is 50.9 Å². The Bertz CT molecular complexity index is 1110. The average molecular weight is 589 g/mol. The largest absolute Gasteiger partial charge is 0.486 e. The van der Waals surface area contributed by atoms with Crippen LogP contribution in [-0.2, 0) is 20.1 Å². The molecule has 0 aliphatic carbocycles. The third kappa shape index (κ3) is 3.35. The van der Waals surface area contributed by atoms with Crippen molar-refractivity contribution in [1.82, 2.24) is 0 Å². The maximum Gasteiger partial charge on any atom is 0.114 e. The number of hydrogen-bond acceptors (Lipinski definition) is 3. The molecule has 2 aliphatic heterocycles. The summed E-state index contributed by atoms with van der Waals surface area (Å²) < 4.78 is 4.68. The van der Waals surface area contributed by atoms with E-state index in [1.807, 2.05) is 6.07 Å². The molecule has 0 aromatic heterocycles. The van der Waals surface area contributed by atoms with Gasteiger partial charge in [-0.1, -0.05) is 75.3 Å². The maximum absolute atomic E-state index is 4.68. The predicted molar refractivity (Wildman–Crippen MR) is 125 cm³/mol. The van der Waals surface area contributed by atoms with E-state index in [1.54, 1.807) is 0 Å². The summed E-state index contributed by atoms with van der Waals surface area (Å²) in [6.07, 6.45) is 0. The molecule has 1 radical (unpaired) electrons. The monoisotopic (exact) mass is 589 g/mol. The van der Waals surface area contributed by atoms with E-state index in [0.717, 1.165) is 11.5 Å². The van der Waals surface area contributed by atoms with Crippen LogP contribution in [0.1, 0.15) is 56.2 Å². The van der Waals surface area contributed by atoms with Gasteiger partial charge in [-0.3, -0.25) is 0 Å². The molecule has 0 fully saturated rings. The molecule has 5 rings (SSSR count). The Balaban J connectivity index is 0.00000218. The third-order valence-electron chi connectivity index (χ3n) is 5.81. The van der Waals surface area contributed by atoms with Gasteiger partial charge in [0.2, 0.25) is 0 Å². The molecular weight excluding hydrogens is 565 g/mol. The minimum Gasteiger partial charge on any atom is -0.486 e. The van der Waals surface area contributed by atoms with Crippen LogP contribution in [0.4, 0.5) is 5.69 Å². The second-order valence-electron chi connectivity index (χ2n) is 8.31. The molecule has 0 amide bonds. The number of rotatable bonds is 3. The summed E-state index contributed by atoms with van der Waals surface area (Å²) in [6, 6.07) is 23.3. The van der Waals surface area contributed by atoms with Gasteiger partial charge in [0.1, 0.15) is 5.84 Å². The van der Waals surface area contributed by atoms with E-state index in [9.17, 15) is 0 Å². The van der Waals surface area contributed by atoms with E-state index < -0.39 is 0 Å². The molecule has 155 valence electrons. The molecule has 0 atom stereocenters. The van der Waals surface area contributed by atoms with Crippen molar-refractivity contribution in [2.75, 3.05) is 4.90 Å². The number of benzene rings is 3. The molecule has 2 aliphatic rings. The fraction of sp³-hybridized carbons (Fsp3) is 0.231. The van der Waals surface area contributed by atoms with Crippen molar-refractivity contribution < 1.29 is 20.1 Å². The van der Waals surface area contributed by atoms with Gasteiger partial charge < -0.3 is 4.90 Å². The first-order chi connectivity index (χ1) is 14.1. The van der Waals surface area contributed by atoms with Crippen LogP contribution >= 0.6 is 11.9 Å². The zero-order valence-electron chi connectivity index (χ0n) is 17.6. The average Bonchev–Trinajstić information content (AvgIpc) is 3.23. The van der Waals surface area contributed by atoms with Gasteiger partial charge in [-0.15, -0.1) is 5.56 Å². The van der Waals surface area contributed by atoms with Gasteiger partial charge in [0.15, 0.2) is 0 Å². The van der Waals surface area contributed by atoms with Crippen LogP contribution in [0, 0.1) is 11.9 Å². The minimum atomic E-state index is 0. The topological polar surface area (TPSA) is 15.6 Å². The minimum absolute atomic E-state index is 0. The number of hydrogen-bond donors (Lipinski definition) is 0. The van der Waals surface area contributed by atoms with Gasteiger partial charge in [-0.2, -0.15) is 42.1 Å². The van der Waals surface area contributed by atoms with Gasteiger partial charge >= 0.3 is 0 Å². The van der Waals surface area contributed by atoms with Crippen LogP contribution in [0.15, 0.2) is 59.0 Å². The van der Waals surface area contributed by atoms with Gasteiger partial charge in [0.25, 0.3) is 0 Å². The summed E-state index contributed by atoms with van der Waals surface area (Å²) in [5, 5.41) is 0. The molecule has 2 heterocycles. The molecule has 0 N–H and O–H groups in total. The van der Waals surface area contributed by atoms with Crippen molar-refractivity contribution >= 4 is 23.5 Å². The number of para-hydroxylation sites is 1. The summed E-state index contributed by atoms with van der Waals surface area (Å²) in [4.78, 5) is 2.16. The molecule has 30 heavy (non-hydrogen) atoms. The quantitative estimate of drug-likeness (QED) is 0.234. The Morgan fingerprint density at radius 2 is 1.63 bits per heavy atom. The summed E-state index contributed by atoms with van der Waals surface area (Å²) in [6.45, 7) is 9.13. The second kappa shape index (κ2) is 8.34. The first kappa shape index (κ1) is 21.4. The Kier molecular flexibility index (Phi) is 5.94. The number of nitrogens with zero attached hydrogens (tertiary/aromatic N) is 2. The molecule has 0 unspecified atom stereocenters. The Hall–Kier alpha value is -1.87. The molecule has 3 aromatic carbocycles. The van der Waals surface area contributed by atoms with Crippen molar-refractivity contribution in [1.29, 1.82) is 0 Å². The van der Waals surface area contributed by atoms with Crippen LogP contribution in [0.5, 0.6) is 0 Å². The van der Waals surface area contributed by atoms with Gasteiger partial charge in [-0.25, -0.2) is 4.40 Å². The van der Waals surface area contributed by atoms with E-state index in [2.05, 4.69) is 97.5 Å². The second-order valence-corrected chi connectivity index (χ2v) is 8.91. The van der Waals surface area contributed by atoms with Crippen LogP contribution in [0.2, 0.25) is 0 Å². The first-order valence-corrected chi connectivity index (χ1v) is 11.0. The fourth-order valence-corrected chi connectivity index (χ4v) is 5.03. The molecular formula is C26H24IrN2S-2. The molecule has 3 aromatic rings. The van der Waals surface area contributed by atoms with Crippen molar-refractivity contribution in [3.8, 4) is 22.3 Å². The molecule has 0 spiro atoms. The number of fused-ring (bicyclic) bond motifs is 6. The summed E-state index contributed by atoms with van der Waals surface area (Å²) in [5.74, 6) is 4.02. The van der Waals surface area contributed by atoms with Gasteiger partial charge in [0.05, 0.1) is 0 Å². The third-order valence-corrected chi connectivity index (χ3v) is 6.39. The van der Waals surface area contributed by atoms with E-state index in [4.69, 9.17) is 0 Å². The molecule has 0 bridgehead atoms. The van der Waals surface area contributed by atoms with Crippen LogP contribution in [0.25, 0.3) is 22.3 Å². The van der Waals surface area contributed by atoms with Crippen LogP contribution in [0.3, 0.4) is 0 Å². The first-order valence-electron chi connectivity index (χ1n) is 10.2. The molecule has 0 saturated heterocycles. The number of anilines is 1. The standard InChI is InChI=1S/C26H24N2S.Ir/c1-16(2)19-9-7-10-20(17(3)4)25(19)18-12-13-22-23(14-18)21-8-5-6-11-24(21)28-15-29-27-26(22)28;/h5-10,12-17H,1-4H3;/q-2;. The summed E-state index contributed by atoms with van der Waals surface area (Å²) >= 11 is 1.49. The van der Waals surface area contributed by atoms with Gasteiger partial charge in [0, 0.05) is 25.7 Å². The van der Waals surface area contributed by atoms with Crippen molar-refractivity contribution in [3.05, 3.63) is 83.2 Å². The Labute approximate surface area is 197 Å². The zero-order chi connectivity index (χ0) is 20.1. The normalized spacial score (nSPS) is 14.2. The zero-order valence-corrected chi connectivity index (χ0v) is 20.8. The smallest absolute Gasteiger partial charge is 0.114 e. The van der Waals surface area contributed by atoms with Crippen molar-refractivity contribution in [2.45, 2.75) is 39.5 Å². The number of amidine groups is 1. The van der Waals surface area contributed by atoms with Crippen molar-refractivity contribution in [3.63, 3.8) is 0 Å². The van der Waals surface area contributed by atoms with Gasteiger partial charge in [-0.05, 0) is 34.1 Å². The van der Waals surface area contributed by atoms with Crippen LogP contribution in [-0.4, -0.2) is 5.84 Å². The fourth-order valence-electron chi connectivity index (χ4n) is 4.40. The maximum atomic E-state index is 4.68. The Morgan fingerprint density at radius 1 is 0.900 bits per heavy atom. The van der Waals surface area contributed by atoms with E-state index in [0.29, 0.717) is 11.8 Å². The van der Waals surface area contributed by atoms with Crippen molar-refractivity contribution in [2.24, 2.45) is 4.40 Å². The Morgan fingerprint density at radius 3 is 2.33 bits per heavy atom. The molecule has 2 nitrogen and oxygen atoms in total. The van der Waals surface area contributed by atoms with Crippen LogP contribution < -0.4 is 4.90 Å². The van der Waals surface area contributed by atoms with E-state index >= 15 is 0 Å². The SMILES string of the molecule is CC(C)c1cccc(C(C)C)c1-c1ccc2c(c1)-c1ccc[c-]c1N1[CH-]SN=C21.[Ir]. The van der Waals surface area contributed by atoms with E-state index in [-0.39, 0.29) is 20.1 Å². The molecule has 0 saturated carbocycles. The predicted octanol–water partition coefficient (Wildman–Crippen LogP) is 7.41. The summed E-state index contributed by atoms with van der Waals surface area (Å²) in [5.41, 5.74) is 10.2.